The van der Waals surface area contributed by atoms with E-state index in [0.717, 1.165) is 21.8 Å². The van der Waals surface area contributed by atoms with Gasteiger partial charge in [-0.1, -0.05) is 17.7 Å². The number of carbonyl (C=O) groups excluding carboxylic acids is 1. The fourth-order valence-corrected chi connectivity index (χ4v) is 4.76. The Kier molecular flexibility index (Phi) is 5.47. The van der Waals surface area contributed by atoms with Crippen LogP contribution in [0.3, 0.4) is 0 Å². The molecule has 3 N–H and O–H groups in total. The van der Waals surface area contributed by atoms with Crippen LogP contribution in [0.5, 0.6) is 0 Å². The van der Waals surface area contributed by atoms with E-state index in [9.17, 15) is 18.5 Å². The van der Waals surface area contributed by atoms with Crippen molar-refractivity contribution < 1.29 is 18.0 Å². The summed E-state index contributed by atoms with van der Waals surface area (Å²) < 4.78 is 23.7. The van der Waals surface area contributed by atoms with Crippen molar-refractivity contribution in [3.63, 3.8) is 0 Å². The van der Waals surface area contributed by atoms with E-state index >= 15 is 0 Å². The summed E-state index contributed by atoms with van der Waals surface area (Å²) in [7, 11) is -4.12. The lowest BCUT2D eigenvalue weighted by Crippen LogP contribution is -2.42. The van der Waals surface area contributed by atoms with Gasteiger partial charge < -0.3 is 0 Å². The van der Waals surface area contributed by atoms with Crippen LogP contribution in [0, 0.1) is 18.3 Å². The van der Waals surface area contributed by atoms with Crippen molar-refractivity contribution in [3.8, 4) is 6.07 Å². The summed E-state index contributed by atoms with van der Waals surface area (Å²) in [5, 5.41) is 16.4. The monoisotopic (exact) mass is 438 g/mol. The number of hydrogen-bond donors (Lipinski definition) is 2. The highest BCUT2D eigenvalue weighted by Crippen LogP contribution is 2.34. The maximum absolute atomic E-state index is 13.4. The van der Waals surface area contributed by atoms with Gasteiger partial charge in [0.1, 0.15) is 15.8 Å². The number of sulfonamides is 1. The molecule has 1 aliphatic heterocycles. The van der Waals surface area contributed by atoms with E-state index in [1.54, 1.807) is 32.0 Å². The average molecular weight is 439 g/mol. The molecule has 1 unspecified atom stereocenters. The second-order valence-electron chi connectivity index (χ2n) is 6.01. The van der Waals surface area contributed by atoms with Crippen molar-refractivity contribution in [1.82, 2.24) is 5.48 Å². The number of hydroxylamine groups is 1. The number of nitrogens with one attached hydrogen (secondary N) is 1. The van der Waals surface area contributed by atoms with Crippen LogP contribution in [0.15, 0.2) is 45.3 Å². The molecule has 1 aliphatic rings. The lowest BCUT2D eigenvalue weighted by atomic mass is 10.1. The zero-order valence-corrected chi connectivity index (χ0v) is 17.2. The topological polar surface area (TPSA) is 126 Å². The minimum absolute atomic E-state index is 0.107. The first-order chi connectivity index (χ1) is 13.1. The molecule has 2 heterocycles. The number of amides is 1. The van der Waals surface area contributed by atoms with Crippen molar-refractivity contribution in [3.05, 3.63) is 56.4 Å². The Hall–Kier alpha value is -2.42. The van der Waals surface area contributed by atoms with Crippen molar-refractivity contribution in [2.45, 2.75) is 25.0 Å². The zero-order chi connectivity index (χ0) is 20.6. The first-order valence-electron chi connectivity index (χ1n) is 7.87. The number of nitrogens with zero attached hydrogens (tertiary/aromatic N) is 2. The Morgan fingerprint density at radius 2 is 2.11 bits per heavy atom. The highest BCUT2D eigenvalue weighted by Gasteiger charge is 2.38. The van der Waals surface area contributed by atoms with Crippen LogP contribution in [0.4, 0.5) is 5.69 Å². The van der Waals surface area contributed by atoms with Crippen molar-refractivity contribution in [1.29, 1.82) is 5.26 Å². The SMILES string of the molecule is CC1=C(Cl)C(N(C(=O)c2sccc2S(N)(=O)=O)c2ccc(C)cc2C#N)ON1. The summed E-state index contributed by atoms with van der Waals surface area (Å²) in [6.45, 7) is 3.46. The van der Waals surface area contributed by atoms with Crippen LogP contribution < -0.4 is 15.5 Å². The van der Waals surface area contributed by atoms with Gasteiger partial charge in [-0.15, -0.1) is 11.3 Å². The van der Waals surface area contributed by atoms with Crippen LogP contribution in [0.1, 0.15) is 27.7 Å². The molecular weight excluding hydrogens is 424 g/mol. The molecule has 1 aromatic heterocycles. The van der Waals surface area contributed by atoms with E-state index in [-0.39, 0.29) is 26.1 Å². The first-order valence-corrected chi connectivity index (χ1v) is 10.7. The average Bonchev–Trinajstić information content (AvgIpc) is 3.25. The number of halogens is 1. The van der Waals surface area contributed by atoms with Crippen LogP contribution in [0.25, 0.3) is 0 Å². The molecule has 1 aromatic carbocycles. The standard InChI is InChI=1S/C17H15ClN4O4S2/c1-9-3-4-12(11(7-9)8-19)22(17-14(18)10(2)21-26-17)16(23)15-13(5-6-27-15)28(20,24)25/h3-7,17,21H,1-2H3,(H2,20,24,25). The van der Waals surface area contributed by atoms with Gasteiger partial charge in [-0.25, -0.2) is 18.4 Å². The van der Waals surface area contributed by atoms with E-state index in [4.69, 9.17) is 21.6 Å². The Bertz CT molecular complexity index is 1130. The van der Waals surface area contributed by atoms with Crippen LogP contribution >= 0.6 is 22.9 Å². The van der Waals surface area contributed by atoms with Gasteiger partial charge in [0, 0.05) is 0 Å². The maximum atomic E-state index is 13.4. The number of allylic oxidation sites excluding steroid dienone is 1. The number of nitrogens with two attached hydrogens (primary N) is 1. The smallest absolute Gasteiger partial charge is 0.272 e. The molecule has 0 fully saturated rings. The molecule has 0 saturated heterocycles. The van der Waals surface area contributed by atoms with Gasteiger partial charge in [0.2, 0.25) is 16.3 Å². The number of benzene rings is 1. The summed E-state index contributed by atoms with van der Waals surface area (Å²) in [5.41, 5.74) is 4.34. The van der Waals surface area contributed by atoms with Crippen molar-refractivity contribution in [2.24, 2.45) is 5.14 Å². The largest absolute Gasteiger partial charge is 0.272 e. The second kappa shape index (κ2) is 7.54. The highest BCUT2D eigenvalue weighted by molar-refractivity contribution is 7.89. The third-order valence-corrected chi connectivity index (χ3v) is 6.47. The van der Waals surface area contributed by atoms with E-state index < -0.39 is 22.2 Å². The fourth-order valence-electron chi connectivity index (χ4n) is 2.67. The number of aryl methyl sites for hydroxylation is 1. The van der Waals surface area contributed by atoms with Gasteiger partial charge >= 0.3 is 0 Å². The molecule has 0 radical (unpaired) electrons. The molecule has 0 aliphatic carbocycles. The van der Waals surface area contributed by atoms with Crippen LogP contribution in [-0.2, 0) is 14.9 Å². The quantitative estimate of drug-likeness (QED) is 0.755. The van der Waals surface area contributed by atoms with E-state index in [1.165, 1.54) is 11.4 Å². The van der Waals surface area contributed by atoms with Crippen molar-refractivity contribution >= 4 is 44.6 Å². The van der Waals surface area contributed by atoms with Gasteiger partial charge in [0.25, 0.3) is 5.91 Å². The molecule has 3 rings (SSSR count). The van der Waals surface area contributed by atoms with Gasteiger partial charge in [-0.2, -0.15) is 5.26 Å². The molecule has 0 bridgehead atoms. The first kappa shape index (κ1) is 20.3. The molecule has 0 spiro atoms. The maximum Gasteiger partial charge on any atom is 0.272 e. The Morgan fingerprint density at radius 3 is 2.68 bits per heavy atom. The van der Waals surface area contributed by atoms with Crippen LogP contribution in [0.2, 0.25) is 0 Å². The van der Waals surface area contributed by atoms with E-state index in [2.05, 4.69) is 5.48 Å². The number of carbonyl (C=O) groups is 1. The number of anilines is 1. The molecule has 0 saturated carbocycles. The third-order valence-electron chi connectivity index (χ3n) is 4.01. The lowest BCUT2D eigenvalue weighted by Gasteiger charge is -2.28. The summed E-state index contributed by atoms with van der Waals surface area (Å²) in [6, 6.07) is 8.20. The van der Waals surface area contributed by atoms with Gasteiger partial charge in [-0.3, -0.25) is 15.2 Å². The Labute approximate surface area is 170 Å². The summed E-state index contributed by atoms with van der Waals surface area (Å²) in [6.07, 6.45) is -1.08. The van der Waals surface area contributed by atoms with Gasteiger partial charge in [0.15, 0.2) is 0 Å². The third kappa shape index (κ3) is 3.63. The molecule has 11 heteroatoms. The molecule has 1 amide bonds. The van der Waals surface area contributed by atoms with Crippen LogP contribution in [-0.4, -0.2) is 20.6 Å². The summed E-state index contributed by atoms with van der Waals surface area (Å²) in [4.78, 5) is 19.5. The van der Waals surface area contributed by atoms with E-state index in [0.29, 0.717) is 5.70 Å². The lowest BCUT2D eigenvalue weighted by molar-refractivity contribution is 0.0369. The number of primary sulfonamides is 1. The fraction of sp³-hybridized carbons (Fsp3) is 0.176. The predicted octanol–water partition coefficient (Wildman–Crippen LogP) is 2.55. The zero-order valence-electron chi connectivity index (χ0n) is 14.8. The molecule has 28 heavy (non-hydrogen) atoms. The van der Waals surface area contributed by atoms with Gasteiger partial charge in [-0.05, 0) is 43.0 Å². The molecule has 1 atom stereocenters. The molecule has 146 valence electrons. The Morgan fingerprint density at radius 1 is 1.39 bits per heavy atom. The summed E-state index contributed by atoms with van der Waals surface area (Å²) >= 11 is 7.23. The second-order valence-corrected chi connectivity index (χ2v) is 8.86. The van der Waals surface area contributed by atoms with Gasteiger partial charge in [0.05, 0.1) is 22.0 Å². The predicted molar refractivity (Wildman–Crippen MR) is 105 cm³/mol. The molecule has 8 nitrogen and oxygen atoms in total. The molecular formula is C17H15ClN4O4S2. The Balaban J connectivity index is 2.21. The highest BCUT2D eigenvalue weighted by atomic mass is 35.5. The minimum Gasteiger partial charge on any atom is -0.272 e. The molecule has 2 aromatic rings. The minimum atomic E-state index is -4.12. The normalized spacial score (nSPS) is 16.6. The van der Waals surface area contributed by atoms with E-state index in [1.807, 2.05) is 6.07 Å². The van der Waals surface area contributed by atoms with Crippen molar-refractivity contribution in [2.75, 3.05) is 4.90 Å². The number of hydrogen-bond acceptors (Lipinski definition) is 7. The number of rotatable bonds is 4. The number of thiophene rings is 1. The summed E-state index contributed by atoms with van der Waals surface area (Å²) in [5.74, 6) is -0.709. The number of nitriles is 1.